The molecule has 3 atom stereocenters. The van der Waals surface area contributed by atoms with Gasteiger partial charge in [-0.25, -0.2) is 14.2 Å². The Labute approximate surface area is 210 Å². The van der Waals surface area contributed by atoms with E-state index in [9.17, 15) is 14.3 Å². The zero-order valence-electron chi connectivity index (χ0n) is 20.0. The number of aliphatic hydroxyl groups excluding tert-OH is 1. The quantitative estimate of drug-likeness (QED) is 0.550. The van der Waals surface area contributed by atoms with Crippen LogP contribution in [0.15, 0.2) is 72.9 Å². The van der Waals surface area contributed by atoms with E-state index in [-0.39, 0.29) is 36.5 Å². The zero-order chi connectivity index (χ0) is 24.9. The summed E-state index contributed by atoms with van der Waals surface area (Å²) in [6, 6.07) is 19.6. The Morgan fingerprint density at radius 3 is 2.53 bits per heavy atom. The summed E-state index contributed by atoms with van der Waals surface area (Å²) in [5.74, 6) is 6.01. The van der Waals surface area contributed by atoms with E-state index in [1.165, 1.54) is 12.1 Å². The molecule has 7 heteroatoms. The highest BCUT2D eigenvalue weighted by Gasteiger charge is 2.49. The van der Waals surface area contributed by atoms with Gasteiger partial charge in [0.25, 0.3) is 0 Å². The van der Waals surface area contributed by atoms with Gasteiger partial charge in [-0.05, 0) is 79.4 Å². The van der Waals surface area contributed by atoms with Crippen molar-refractivity contribution in [1.29, 1.82) is 0 Å². The molecular weight excluding hydrogens is 455 g/mol. The van der Waals surface area contributed by atoms with Crippen LogP contribution in [0, 0.1) is 17.7 Å². The van der Waals surface area contributed by atoms with Gasteiger partial charge < -0.3 is 15.3 Å². The number of urea groups is 1. The van der Waals surface area contributed by atoms with Gasteiger partial charge in [-0.3, -0.25) is 4.90 Å². The molecule has 6 nitrogen and oxygen atoms in total. The van der Waals surface area contributed by atoms with Crippen molar-refractivity contribution in [2.24, 2.45) is 0 Å². The highest BCUT2D eigenvalue weighted by Crippen LogP contribution is 2.42. The minimum absolute atomic E-state index is 0.0283. The predicted octanol–water partition coefficient (Wildman–Crippen LogP) is 4.08. The van der Waals surface area contributed by atoms with E-state index >= 15 is 0 Å². The van der Waals surface area contributed by atoms with Crippen LogP contribution in [0.1, 0.15) is 35.6 Å². The van der Waals surface area contributed by atoms with Crippen LogP contribution in [0.4, 0.5) is 14.9 Å². The van der Waals surface area contributed by atoms with Gasteiger partial charge in [0.1, 0.15) is 11.5 Å². The third kappa shape index (κ3) is 5.25. The molecule has 5 rings (SSSR count). The van der Waals surface area contributed by atoms with Crippen LogP contribution in [0.2, 0.25) is 0 Å². The van der Waals surface area contributed by atoms with E-state index in [1.54, 1.807) is 18.3 Å². The average molecular weight is 485 g/mol. The molecule has 2 aliphatic heterocycles. The molecule has 0 bridgehead atoms. The first-order valence-electron chi connectivity index (χ1n) is 12.3. The molecule has 2 fully saturated rings. The molecule has 3 heterocycles. The number of rotatable bonds is 3. The summed E-state index contributed by atoms with van der Waals surface area (Å²) in [6.45, 7) is 2.21. The maximum absolute atomic E-state index is 13.2. The summed E-state index contributed by atoms with van der Waals surface area (Å²) >= 11 is 0. The molecule has 2 aromatic carbocycles. The third-order valence-corrected chi connectivity index (χ3v) is 7.05. The van der Waals surface area contributed by atoms with Crippen molar-refractivity contribution in [2.75, 3.05) is 31.6 Å². The number of amides is 2. The van der Waals surface area contributed by atoms with Crippen molar-refractivity contribution in [1.82, 2.24) is 14.8 Å². The maximum Gasteiger partial charge on any atom is 0.321 e. The van der Waals surface area contributed by atoms with Crippen LogP contribution in [-0.4, -0.2) is 64.2 Å². The van der Waals surface area contributed by atoms with E-state index in [1.807, 2.05) is 35.2 Å². The highest BCUT2D eigenvalue weighted by molar-refractivity contribution is 5.89. The van der Waals surface area contributed by atoms with Gasteiger partial charge in [-0.2, -0.15) is 0 Å². The van der Waals surface area contributed by atoms with Crippen molar-refractivity contribution in [3.63, 3.8) is 0 Å². The largest absolute Gasteiger partial charge is 0.395 e. The van der Waals surface area contributed by atoms with Crippen LogP contribution in [0.3, 0.4) is 0 Å². The van der Waals surface area contributed by atoms with Crippen molar-refractivity contribution in [3.8, 4) is 11.8 Å². The lowest BCUT2D eigenvalue weighted by Crippen LogP contribution is -2.68. The second-order valence-electron chi connectivity index (χ2n) is 9.26. The smallest absolute Gasteiger partial charge is 0.321 e. The lowest BCUT2D eigenvalue weighted by Gasteiger charge is -2.57. The lowest BCUT2D eigenvalue weighted by molar-refractivity contribution is -0.0585. The standard InChI is InChI=1S/C29H29FN4O2/c30-23-11-14-25(15-12-23)32-29(36)33-17-3-4-18-34-26(19-33)28(27(34)20-35)22-9-6-21(7-10-22)8-13-24-5-1-2-16-31-24/h1-2,5-7,9-12,14-16,26-28,35H,3-4,17-20H2,(H,32,36)/t26-,27-,28+/m1/s1. The number of anilines is 1. The van der Waals surface area contributed by atoms with Gasteiger partial charge in [-0.1, -0.05) is 24.1 Å². The predicted molar refractivity (Wildman–Crippen MR) is 137 cm³/mol. The number of carbonyl (C=O) groups is 1. The molecule has 0 saturated carbocycles. The van der Waals surface area contributed by atoms with Crippen molar-refractivity contribution >= 4 is 11.7 Å². The van der Waals surface area contributed by atoms with Crippen molar-refractivity contribution < 1.29 is 14.3 Å². The molecule has 2 amide bonds. The molecule has 3 aromatic rings. The topological polar surface area (TPSA) is 68.7 Å². The molecule has 1 aromatic heterocycles. The van der Waals surface area contributed by atoms with Gasteiger partial charge in [0.15, 0.2) is 0 Å². The lowest BCUT2D eigenvalue weighted by atomic mass is 9.74. The van der Waals surface area contributed by atoms with Crippen LogP contribution in [-0.2, 0) is 0 Å². The maximum atomic E-state index is 13.2. The van der Waals surface area contributed by atoms with E-state index < -0.39 is 0 Å². The Kier molecular flexibility index (Phi) is 7.26. The number of nitrogens with zero attached hydrogens (tertiary/aromatic N) is 3. The van der Waals surface area contributed by atoms with Gasteiger partial charge in [0.2, 0.25) is 0 Å². The SMILES string of the molecule is O=C(Nc1ccc(F)cc1)N1CCCCN2[C@H](CO)[C@@H](c3ccc(C#Cc4ccccn4)cc3)[C@H]2C1. The second-order valence-corrected chi connectivity index (χ2v) is 9.26. The third-order valence-electron chi connectivity index (χ3n) is 7.05. The van der Waals surface area contributed by atoms with E-state index in [2.05, 4.69) is 39.2 Å². The van der Waals surface area contributed by atoms with Crippen molar-refractivity contribution in [2.45, 2.75) is 30.8 Å². The monoisotopic (exact) mass is 484 g/mol. The summed E-state index contributed by atoms with van der Waals surface area (Å²) in [5.41, 5.74) is 3.34. The number of halogens is 1. The molecule has 2 N–H and O–H groups in total. The van der Waals surface area contributed by atoms with E-state index in [4.69, 9.17) is 0 Å². The molecular formula is C29H29FN4O2. The summed E-state index contributed by atoms with van der Waals surface area (Å²) in [7, 11) is 0. The average Bonchev–Trinajstić information content (AvgIpc) is 2.89. The van der Waals surface area contributed by atoms with Crippen LogP contribution >= 0.6 is 0 Å². The molecule has 184 valence electrons. The van der Waals surface area contributed by atoms with Crippen LogP contribution in [0.5, 0.6) is 0 Å². The van der Waals surface area contributed by atoms with Crippen molar-refractivity contribution in [3.05, 3.63) is 95.6 Å². The molecule has 2 aliphatic rings. The summed E-state index contributed by atoms with van der Waals surface area (Å²) in [6.07, 6.45) is 3.58. The number of carbonyl (C=O) groups excluding carboxylic acids is 1. The second kappa shape index (κ2) is 10.9. The Bertz CT molecular complexity index is 1240. The first kappa shape index (κ1) is 24.0. The molecule has 0 unspecified atom stereocenters. The summed E-state index contributed by atoms with van der Waals surface area (Å²) in [4.78, 5) is 21.5. The molecule has 0 radical (unpaired) electrons. The number of aliphatic hydroxyl groups is 1. The number of benzene rings is 2. The Hall–Kier alpha value is -3.73. The van der Waals surface area contributed by atoms with Gasteiger partial charge in [-0.15, -0.1) is 0 Å². The Balaban J connectivity index is 1.31. The minimum atomic E-state index is -0.337. The number of pyridine rings is 1. The fourth-order valence-corrected chi connectivity index (χ4v) is 5.22. The van der Waals surface area contributed by atoms with E-state index in [0.717, 1.165) is 36.2 Å². The number of fused-ring (bicyclic) bond motifs is 1. The normalized spacial score (nSPS) is 21.7. The fraction of sp³-hybridized carbons (Fsp3) is 0.310. The minimum Gasteiger partial charge on any atom is -0.395 e. The molecule has 36 heavy (non-hydrogen) atoms. The highest BCUT2D eigenvalue weighted by atomic mass is 19.1. The first-order chi connectivity index (χ1) is 17.6. The molecule has 2 saturated heterocycles. The summed E-state index contributed by atoms with van der Waals surface area (Å²) in [5, 5.41) is 13.1. The number of aromatic nitrogens is 1. The Morgan fingerprint density at radius 1 is 1.03 bits per heavy atom. The number of hydrogen-bond acceptors (Lipinski definition) is 4. The number of hydrogen-bond donors (Lipinski definition) is 2. The van der Waals surface area contributed by atoms with Crippen LogP contribution < -0.4 is 5.32 Å². The summed E-state index contributed by atoms with van der Waals surface area (Å²) < 4.78 is 13.2. The van der Waals surface area contributed by atoms with Gasteiger partial charge in [0.05, 0.1) is 6.61 Å². The molecule has 0 aliphatic carbocycles. The Morgan fingerprint density at radius 2 is 1.81 bits per heavy atom. The fourth-order valence-electron chi connectivity index (χ4n) is 5.22. The first-order valence-corrected chi connectivity index (χ1v) is 12.3. The molecule has 0 spiro atoms. The zero-order valence-corrected chi connectivity index (χ0v) is 20.0. The van der Waals surface area contributed by atoms with Gasteiger partial charge in [0, 0.05) is 48.5 Å². The number of nitrogens with one attached hydrogen (secondary N) is 1. The van der Waals surface area contributed by atoms with Crippen LogP contribution in [0.25, 0.3) is 0 Å². The van der Waals surface area contributed by atoms with Gasteiger partial charge >= 0.3 is 6.03 Å². The van der Waals surface area contributed by atoms with E-state index in [0.29, 0.717) is 18.8 Å².